The zero-order valence-corrected chi connectivity index (χ0v) is 15.2. The molecule has 1 aliphatic carbocycles. The van der Waals surface area contributed by atoms with E-state index < -0.39 is 17.9 Å². The van der Waals surface area contributed by atoms with Crippen molar-refractivity contribution in [2.75, 3.05) is 19.6 Å². The largest absolute Gasteiger partial charge is 0.340 e. The van der Waals surface area contributed by atoms with E-state index in [0.717, 1.165) is 25.8 Å². The number of rotatable bonds is 3. The SMILES string of the molecule is CC1(c2ccccc2)CCN(C(=O)[C@H]2NCC3(CC3)C[C@@H]2C(=O)NO)C1. The highest BCUT2D eigenvalue weighted by Crippen LogP contribution is 2.52. The fourth-order valence-corrected chi connectivity index (χ4v) is 4.69. The summed E-state index contributed by atoms with van der Waals surface area (Å²) in [5, 5.41) is 12.4. The molecule has 3 aliphatic rings. The highest BCUT2D eigenvalue weighted by atomic mass is 16.5. The van der Waals surface area contributed by atoms with Crippen LogP contribution in [0.5, 0.6) is 0 Å². The van der Waals surface area contributed by atoms with Gasteiger partial charge in [0.05, 0.1) is 12.0 Å². The molecular formula is C20H27N3O3. The number of hydroxylamine groups is 1. The first kappa shape index (κ1) is 17.5. The van der Waals surface area contributed by atoms with E-state index in [1.54, 1.807) is 5.48 Å². The smallest absolute Gasteiger partial charge is 0.248 e. The molecule has 1 unspecified atom stereocenters. The Balaban J connectivity index is 1.49. The normalized spacial score (nSPS) is 32.5. The van der Waals surface area contributed by atoms with Gasteiger partial charge in [0.25, 0.3) is 0 Å². The summed E-state index contributed by atoms with van der Waals surface area (Å²) in [6, 6.07) is 9.75. The maximum atomic E-state index is 13.2. The standard InChI is InChI=1S/C20H27N3O3/c1-19(14-5-3-2-4-6-14)9-10-23(13-19)18(25)16-15(17(24)22-26)11-20(7-8-20)12-21-16/h2-6,15-16,21,26H,7-13H2,1H3,(H,22,24)/t15-,16-,19?/m0/s1. The molecule has 2 aliphatic heterocycles. The minimum Gasteiger partial charge on any atom is -0.340 e. The Hall–Kier alpha value is -1.92. The summed E-state index contributed by atoms with van der Waals surface area (Å²) in [4.78, 5) is 27.3. The summed E-state index contributed by atoms with van der Waals surface area (Å²) in [6.45, 7) is 4.33. The van der Waals surface area contributed by atoms with Crippen LogP contribution in [0.4, 0.5) is 0 Å². The van der Waals surface area contributed by atoms with Gasteiger partial charge in [-0.1, -0.05) is 37.3 Å². The third-order valence-electron chi connectivity index (χ3n) is 6.68. The first-order chi connectivity index (χ1) is 12.5. The number of benzene rings is 1. The first-order valence-electron chi connectivity index (χ1n) is 9.48. The summed E-state index contributed by atoms with van der Waals surface area (Å²) < 4.78 is 0. The van der Waals surface area contributed by atoms with Gasteiger partial charge in [-0.15, -0.1) is 0 Å². The van der Waals surface area contributed by atoms with Crippen molar-refractivity contribution in [1.82, 2.24) is 15.7 Å². The molecular weight excluding hydrogens is 330 g/mol. The van der Waals surface area contributed by atoms with Gasteiger partial charge >= 0.3 is 0 Å². The Bertz CT molecular complexity index is 704. The van der Waals surface area contributed by atoms with Gasteiger partial charge in [0, 0.05) is 25.0 Å². The van der Waals surface area contributed by atoms with Gasteiger partial charge in [0.1, 0.15) is 0 Å². The average Bonchev–Trinajstić information content (AvgIpc) is 3.30. The number of carbonyl (C=O) groups is 2. The van der Waals surface area contributed by atoms with E-state index in [9.17, 15) is 9.59 Å². The monoisotopic (exact) mass is 357 g/mol. The Morgan fingerprint density at radius 2 is 1.96 bits per heavy atom. The van der Waals surface area contributed by atoms with Gasteiger partial charge in [0.15, 0.2) is 0 Å². The molecule has 0 aromatic heterocycles. The van der Waals surface area contributed by atoms with Crippen molar-refractivity contribution in [3.05, 3.63) is 35.9 Å². The predicted octanol–water partition coefficient (Wildman–Crippen LogP) is 1.44. The van der Waals surface area contributed by atoms with Gasteiger partial charge in [-0.3, -0.25) is 14.8 Å². The maximum Gasteiger partial charge on any atom is 0.248 e. The van der Waals surface area contributed by atoms with Crippen LogP contribution in [0.15, 0.2) is 30.3 Å². The van der Waals surface area contributed by atoms with Gasteiger partial charge in [-0.05, 0) is 36.7 Å². The van der Waals surface area contributed by atoms with Crippen LogP contribution >= 0.6 is 0 Å². The molecule has 4 rings (SSSR count). The van der Waals surface area contributed by atoms with Crippen LogP contribution in [0.2, 0.25) is 0 Å². The van der Waals surface area contributed by atoms with Gasteiger partial charge in [-0.2, -0.15) is 0 Å². The number of hydrogen-bond donors (Lipinski definition) is 3. The molecule has 1 saturated carbocycles. The van der Waals surface area contributed by atoms with Crippen LogP contribution in [0.1, 0.15) is 38.2 Å². The van der Waals surface area contributed by atoms with Crippen LogP contribution in [0.25, 0.3) is 0 Å². The lowest BCUT2D eigenvalue weighted by molar-refractivity contribution is -0.144. The summed E-state index contributed by atoms with van der Waals surface area (Å²) in [7, 11) is 0. The van der Waals surface area contributed by atoms with Gasteiger partial charge in [-0.25, -0.2) is 5.48 Å². The molecule has 3 atom stereocenters. The second-order valence-electron chi connectivity index (χ2n) is 8.58. The van der Waals surface area contributed by atoms with Crippen molar-refractivity contribution in [2.24, 2.45) is 11.3 Å². The van der Waals surface area contributed by atoms with Crippen molar-refractivity contribution in [1.29, 1.82) is 0 Å². The van der Waals surface area contributed by atoms with E-state index in [0.29, 0.717) is 19.5 Å². The average molecular weight is 357 g/mol. The minimum atomic E-state index is -0.550. The van der Waals surface area contributed by atoms with E-state index in [-0.39, 0.29) is 16.7 Å². The van der Waals surface area contributed by atoms with Crippen LogP contribution in [0.3, 0.4) is 0 Å². The summed E-state index contributed by atoms with van der Waals surface area (Å²) in [6.07, 6.45) is 3.76. The molecule has 1 spiro atoms. The molecule has 140 valence electrons. The fraction of sp³-hybridized carbons (Fsp3) is 0.600. The fourth-order valence-electron chi connectivity index (χ4n) is 4.69. The molecule has 6 heteroatoms. The molecule has 2 amide bonds. The molecule has 26 heavy (non-hydrogen) atoms. The molecule has 1 aromatic rings. The summed E-state index contributed by atoms with van der Waals surface area (Å²) in [5.41, 5.74) is 3.10. The Labute approximate surface area is 153 Å². The molecule has 3 N–H and O–H groups in total. The molecule has 2 saturated heterocycles. The van der Waals surface area contributed by atoms with E-state index in [1.165, 1.54) is 5.56 Å². The minimum absolute atomic E-state index is 0.0197. The van der Waals surface area contributed by atoms with E-state index in [1.807, 2.05) is 23.1 Å². The third-order valence-corrected chi connectivity index (χ3v) is 6.68. The van der Waals surface area contributed by atoms with E-state index in [2.05, 4.69) is 24.4 Å². The molecule has 3 fully saturated rings. The lowest BCUT2D eigenvalue weighted by Gasteiger charge is -2.37. The summed E-state index contributed by atoms with van der Waals surface area (Å²) >= 11 is 0. The number of nitrogens with one attached hydrogen (secondary N) is 2. The highest BCUT2D eigenvalue weighted by molar-refractivity contribution is 5.90. The Morgan fingerprint density at radius 3 is 2.62 bits per heavy atom. The lowest BCUT2D eigenvalue weighted by Crippen LogP contribution is -2.58. The van der Waals surface area contributed by atoms with Crippen molar-refractivity contribution >= 4 is 11.8 Å². The zero-order chi connectivity index (χ0) is 18.4. The maximum absolute atomic E-state index is 13.2. The molecule has 0 radical (unpaired) electrons. The number of nitrogens with zero attached hydrogens (tertiary/aromatic N) is 1. The second-order valence-corrected chi connectivity index (χ2v) is 8.58. The quantitative estimate of drug-likeness (QED) is 0.565. The van der Waals surface area contributed by atoms with Crippen molar-refractivity contribution in [2.45, 2.75) is 44.1 Å². The van der Waals surface area contributed by atoms with Gasteiger partial charge < -0.3 is 10.2 Å². The Morgan fingerprint density at radius 1 is 1.23 bits per heavy atom. The van der Waals surface area contributed by atoms with Gasteiger partial charge in [0.2, 0.25) is 11.8 Å². The third kappa shape index (κ3) is 3.01. The summed E-state index contributed by atoms with van der Waals surface area (Å²) in [5.74, 6) is -0.979. The van der Waals surface area contributed by atoms with E-state index >= 15 is 0 Å². The topological polar surface area (TPSA) is 81.7 Å². The van der Waals surface area contributed by atoms with Crippen LogP contribution in [-0.4, -0.2) is 47.6 Å². The van der Waals surface area contributed by atoms with E-state index in [4.69, 9.17) is 5.21 Å². The Kier molecular flexibility index (Phi) is 4.28. The molecule has 1 aromatic carbocycles. The predicted molar refractivity (Wildman–Crippen MR) is 96.5 cm³/mol. The zero-order valence-electron chi connectivity index (χ0n) is 15.2. The van der Waals surface area contributed by atoms with Crippen molar-refractivity contribution < 1.29 is 14.8 Å². The highest BCUT2D eigenvalue weighted by Gasteiger charge is 2.53. The molecule has 2 heterocycles. The number of piperidine rings is 1. The number of amides is 2. The van der Waals surface area contributed by atoms with Crippen LogP contribution in [-0.2, 0) is 15.0 Å². The second kappa shape index (κ2) is 6.35. The number of carbonyl (C=O) groups excluding carboxylic acids is 2. The number of likely N-dealkylation sites (tertiary alicyclic amines) is 1. The van der Waals surface area contributed by atoms with Crippen LogP contribution < -0.4 is 10.8 Å². The van der Waals surface area contributed by atoms with Crippen LogP contribution in [0, 0.1) is 11.3 Å². The lowest BCUT2D eigenvalue weighted by atomic mass is 9.81. The molecule has 0 bridgehead atoms. The number of hydrogen-bond acceptors (Lipinski definition) is 4. The van der Waals surface area contributed by atoms with Crippen molar-refractivity contribution in [3.63, 3.8) is 0 Å². The first-order valence-corrected chi connectivity index (χ1v) is 9.48. The van der Waals surface area contributed by atoms with Crippen molar-refractivity contribution in [3.8, 4) is 0 Å². The molecule has 6 nitrogen and oxygen atoms in total.